The Morgan fingerprint density at radius 3 is 2.80 bits per heavy atom. The van der Waals surface area contributed by atoms with Gasteiger partial charge in [-0.3, -0.25) is 4.79 Å². The molecule has 0 radical (unpaired) electrons. The standard InChI is InChI=1S/C15H26N4O/c1-13(2)8-16-9-14-10-18(12-17-14)11-15(20)19-6-4-3-5-7-19/h10,12-13,16H,3-9,11H2,1-2H3. The number of carbonyl (C=O) groups excluding carboxylic acids is 1. The van der Waals surface area contributed by atoms with Crippen molar-refractivity contribution in [2.45, 2.75) is 46.2 Å². The molecule has 1 aliphatic heterocycles. The Kier molecular flexibility index (Phi) is 5.59. The fourth-order valence-electron chi connectivity index (χ4n) is 2.47. The highest BCUT2D eigenvalue weighted by atomic mass is 16.2. The number of nitrogens with zero attached hydrogens (tertiary/aromatic N) is 3. The number of carbonyl (C=O) groups is 1. The van der Waals surface area contributed by atoms with E-state index in [9.17, 15) is 4.79 Å². The summed E-state index contributed by atoms with van der Waals surface area (Å²) in [5.74, 6) is 0.849. The third kappa shape index (κ3) is 4.63. The van der Waals surface area contributed by atoms with Gasteiger partial charge in [-0.25, -0.2) is 4.98 Å². The molecule has 0 aliphatic carbocycles. The minimum atomic E-state index is 0.212. The average molecular weight is 278 g/mol. The minimum Gasteiger partial charge on any atom is -0.341 e. The number of piperidine rings is 1. The van der Waals surface area contributed by atoms with Crippen LogP contribution in [0.15, 0.2) is 12.5 Å². The summed E-state index contributed by atoms with van der Waals surface area (Å²) in [5, 5.41) is 3.36. The minimum absolute atomic E-state index is 0.212. The summed E-state index contributed by atoms with van der Waals surface area (Å²) in [4.78, 5) is 18.5. The van der Waals surface area contributed by atoms with E-state index in [0.717, 1.165) is 44.7 Å². The second-order valence-corrected chi connectivity index (χ2v) is 6.00. The smallest absolute Gasteiger partial charge is 0.242 e. The Morgan fingerprint density at radius 1 is 1.35 bits per heavy atom. The van der Waals surface area contributed by atoms with Crippen molar-refractivity contribution in [1.82, 2.24) is 19.8 Å². The largest absolute Gasteiger partial charge is 0.341 e. The van der Waals surface area contributed by atoms with E-state index >= 15 is 0 Å². The SMILES string of the molecule is CC(C)CNCc1cn(CC(=O)N2CCCCC2)cn1. The molecule has 2 rings (SSSR count). The van der Waals surface area contributed by atoms with Gasteiger partial charge in [0.25, 0.3) is 0 Å². The molecule has 1 aliphatic rings. The maximum atomic E-state index is 12.1. The molecule has 0 atom stereocenters. The van der Waals surface area contributed by atoms with Crippen LogP contribution in [0.25, 0.3) is 0 Å². The van der Waals surface area contributed by atoms with E-state index in [2.05, 4.69) is 24.1 Å². The van der Waals surface area contributed by atoms with E-state index in [-0.39, 0.29) is 5.91 Å². The van der Waals surface area contributed by atoms with Crippen LogP contribution in [0.4, 0.5) is 0 Å². The van der Waals surface area contributed by atoms with E-state index in [1.165, 1.54) is 6.42 Å². The van der Waals surface area contributed by atoms with E-state index in [4.69, 9.17) is 0 Å². The highest BCUT2D eigenvalue weighted by Crippen LogP contribution is 2.09. The lowest BCUT2D eigenvalue weighted by Gasteiger charge is -2.26. The summed E-state index contributed by atoms with van der Waals surface area (Å²) in [6.45, 7) is 8.36. The molecule has 1 fully saturated rings. The van der Waals surface area contributed by atoms with E-state index < -0.39 is 0 Å². The number of hydrogen-bond acceptors (Lipinski definition) is 3. The molecule has 0 saturated carbocycles. The van der Waals surface area contributed by atoms with Crippen molar-refractivity contribution in [3.05, 3.63) is 18.2 Å². The van der Waals surface area contributed by atoms with Crippen LogP contribution in [0.2, 0.25) is 0 Å². The van der Waals surface area contributed by atoms with Crippen molar-refractivity contribution in [3.8, 4) is 0 Å². The van der Waals surface area contributed by atoms with Gasteiger partial charge in [0.15, 0.2) is 0 Å². The highest BCUT2D eigenvalue weighted by molar-refractivity contribution is 5.76. The van der Waals surface area contributed by atoms with Crippen LogP contribution >= 0.6 is 0 Å². The molecule has 5 nitrogen and oxygen atoms in total. The second-order valence-electron chi connectivity index (χ2n) is 6.00. The van der Waals surface area contributed by atoms with Gasteiger partial charge in [0.1, 0.15) is 6.54 Å². The molecule has 5 heteroatoms. The average Bonchev–Trinajstić information content (AvgIpc) is 2.87. The molecule has 1 aromatic rings. The van der Waals surface area contributed by atoms with Gasteiger partial charge in [-0.15, -0.1) is 0 Å². The second kappa shape index (κ2) is 7.43. The van der Waals surface area contributed by atoms with Gasteiger partial charge in [0.05, 0.1) is 12.0 Å². The third-order valence-corrected chi connectivity index (χ3v) is 3.57. The van der Waals surface area contributed by atoms with Crippen LogP contribution in [-0.2, 0) is 17.9 Å². The van der Waals surface area contributed by atoms with Gasteiger partial charge in [0.2, 0.25) is 5.91 Å². The summed E-state index contributed by atoms with van der Waals surface area (Å²) in [6.07, 6.45) is 7.25. The van der Waals surface area contributed by atoms with Crippen molar-refractivity contribution >= 4 is 5.91 Å². The summed E-state index contributed by atoms with van der Waals surface area (Å²) in [6, 6.07) is 0. The molecule has 0 bridgehead atoms. The lowest BCUT2D eigenvalue weighted by atomic mass is 10.1. The molecule has 1 aromatic heterocycles. The quantitative estimate of drug-likeness (QED) is 0.860. The Morgan fingerprint density at radius 2 is 2.10 bits per heavy atom. The van der Waals surface area contributed by atoms with Crippen LogP contribution in [0.1, 0.15) is 38.8 Å². The lowest BCUT2D eigenvalue weighted by Crippen LogP contribution is -2.37. The lowest BCUT2D eigenvalue weighted by molar-refractivity contribution is -0.132. The maximum absolute atomic E-state index is 12.1. The van der Waals surface area contributed by atoms with Crippen molar-refractivity contribution in [2.75, 3.05) is 19.6 Å². The summed E-state index contributed by atoms with van der Waals surface area (Å²) < 4.78 is 1.89. The molecule has 0 unspecified atom stereocenters. The fourth-order valence-corrected chi connectivity index (χ4v) is 2.47. The molecular weight excluding hydrogens is 252 g/mol. The molecule has 0 aromatic carbocycles. The zero-order valence-electron chi connectivity index (χ0n) is 12.6. The Bertz CT molecular complexity index is 421. The number of likely N-dealkylation sites (tertiary alicyclic amines) is 1. The molecule has 20 heavy (non-hydrogen) atoms. The van der Waals surface area contributed by atoms with Crippen molar-refractivity contribution in [3.63, 3.8) is 0 Å². The molecule has 1 saturated heterocycles. The van der Waals surface area contributed by atoms with Gasteiger partial charge >= 0.3 is 0 Å². The van der Waals surface area contributed by atoms with Crippen LogP contribution in [0.5, 0.6) is 0 Å². The van der Waals surface area contributed by atoms with E-state index in [0.29, 0.717) is 12.5 Å². The van der Waals surface area contributed by atoms with E-state index in [1.54, 1.807) is 6.33 Å². The van der Waals surface area contributed by atoms with Gasteiger partial charge in [0, 0.05) is 25.8 Å². The molecule has 2 heterocycles. The molecular formula is C15H26N4O. The fraction of sp³-hybridized carbons (Fsp3) is 0.733. The predicted molar refractivity (Wildman–Crippen MR) is 79.2 cm³/mol. The first-order valence-electron chi connectivity index (χ1n) is 7.64. The predicted octanol–water partition coefficient (Wildman–Crippen LogP) is 1.64. The number of rotatable bonds is 6. The first-order chi connectivity index (χ1) is 9.65. The van der Waals surface area contributed by atoms with Gasteiger partial charge in [-0.05, 0) is 31.7 Å². The normalized spacial score (nSPS) is 15.8. The van der Waals surface area contributed by atoms with Crippen LogP contribution in [0.3, 0.4) is 0 Å². The number of imidazole rings is 1. The molecule has 1 amide bonds. The molecule has 112 valence electrons. The first-order valence-corrected chi connectivity index (χ1v) is 7.64. The maximum Gasteiger partial charge on any atom is 0.242 e. The van der Waals surface area contributed by atoms with Gasteiger partial charge < -0.3 is 14.8 Å². The summed E-state index contributed by atoms with van der Waals surface area (Å²) >= 11 is 0. The monoisotopic (exact) mass is 278 g/mol. The zero-order valence-corrected chi connectivity index (χ0v) is 12.6. The number of hydrogen-bond donors (Lipinski definition) is 1. The van der Waals surface area contributed by atoms with E-state index in [1.807, 2.05) is 15.7 Å². The first kappa shape index (κ1) is 15.0. The molecule has 1 N–H and O–H groups in total. The highest BCUT2D eigenvalue weighted by Gasteiger charge is 2.16. The van der Waals surface area contributed by atoms with Crippen molar-refractivity contribution < 1.29 is 4.79 Å². The van der Waals surface area contributed by atoms with Gasteiger partial charge in [-0.1, -0.05) is 13.8 Å². The zero-order chi connectivity index (χ0) is 14.4. The number of aromatic nitrogens is 2. The van der Waals surface area contributed by atoms with Gasteiger partial charge in [-0.2, -0.15) is 0 Å². The Labute approximate surface area is 121 Å². The third-order valence-electron chi connectivity index (χ3n) is 3.57. The molecule has 0 spiro atoms. The summed E-state index contributed by atoms with van der Waals surface area (Å²) in [7, 11) is 0. The Balaban J connectivity index is 1.78. The summed E-state index contributed by atoms with van der Waals surface area (Å²) in [5.41, 5.74) is 0.997. The Hall–Kier alpha value is -1.36. The topological polar surface area (TPSA) is 50.2 Å². The number of amides is 1. The van der Waals surface area contributed by atoms with Crippen LogP contribution in [-0.4, -0.2) is 40.0 Å². The van der Waals surface area contributed by atoms with Crippen LogP contribution in [0, 0.1) is 5.92 Å². The van der Waals surface area contributed by atoms with Crippen molar-refractivity contribution in [2.24, 2.45) is 5.92 Å². The van der Waals surface area contributed by atoms with Crippen molar-refractivity contribution in [1.29, 1.82) is 0 Å². The number of nitrogens with one attached hydrogen (secondary N) is 1. The van der Waals surface area contributed by atoms with Crippen LogP contribution < -0.4 is 5.32 Å².